The number of amides is 1. The quantitative estimate of drug-likeness (QED) is 0.732. The number of carboxylic acids is 1. The van der Waals surface area contributed by atoms with E-state index in [4.69, 9.17) is 9.84 Å². The first kappa shape index (κ1) is 15.3. The second-order valence-corrected chi connectivity index (χ2v) is 5.46. The molecular weight excluding hydrogens is 274 g/mol. The summed E-state index contributed by atoms with van der Waals surface area (Å²) in [6.07, 6.45) is 3.59. The van der Waals surface area contributed by atoms with Crippen molar-refractivity contribution in [3.8, 4) is 5.75 Å². The first-order chi connectivity index (χ1) is 9.88. The van der Waals surface area contributed by atoms with Gasteiger partial charge in [-0.25, -0.2) is 4.79 Å². The monoisotopic (exact) mass is 293 g/mol. The Morgan fingerprint density at radius 3 is 2.43 bits per heavy atom. The second-order valence-electron chi connectivity index (χ2n) is 5.46. The number of aliphatic hydroxyl groups is 1. The van der Waals surface area contributed by atoms with Gasteiger partial charge in [0, 0.05) is 5.56 Å². The van der Waals surface area contributed by atoms with Crippen LogP contribution in [-0.2, 0) is 4.79 Å². The van der Waals surface area contributed by atoms with Crippen LogP contribution in [-0.4, -0.2) is 40.3 Å². The molecule has 1 unspecified atom stereocenters. The van der Waals surface area contributed by atoms with Gasteiger partial charge in [-0.1, -0.05) is 0 Å². The van der Waals surface area contributed by atoms with Crippen LogP contribution in [0.1, 0.15) is 36.5 Å². The highest BCUT2D eigenvalue weighted by molar-refractivity contribution is 5.94. The van der Waals surface area contributed by atoms with Crippen molar-refractivity contribution < 1.29 is 24.5 Å². The number of hydrogen-bond donors (Lipinski definition) is 3. The summed E-state index contributed by atoms with van der Waals surface area (Å²) in [5, 5.41) is 20.7. The van der Waals surface area contributed by atoms with Gasteiger partial charge >= 0.3 is 5.97 Å². The molecule has 0 spiro atoms. The Hall–Kier alpha value is -2.08. The molecule has 1 aromatic carbocycles. The highest BCUT2D eigenvalue weighted by atomic mass is 16.5. The molecule has 0 heterocycles. The van der Waals surface area contributed by atoms with Gasteiger partial charge in [0.1, 0.15) is 5.75 Å². The predicted octanol–water partition coefficient (Wildman–Crippen LogP) is 1.18. The van der Waals surface area contributed by atoms with Crippen LogP contribution in [0.25, 0.3) is 0 Å². The topological polar surface area (TPSA) is 95.9 Å². The van der Waals surface area contributed by atoms with Gasteiger partial charge in [-0.15, -0.1) is 0 Å². The van der Waals surface area contributed by atoms with Gasteiger partial charge in [0.15, 0.2) is 5.60 Å². The van der Waals surface area contributed by atoms with Crippen molar-refractivity contribution in [2.75, 3.05) is 6.54 Å². The van der Waals surface area contributed by atoms with Crippen molar-refractivity contribution >= 4 is 11.9 Å². The van der Waals surface area contributed by atoms with Gasteiger partial charge < -0.3 is 20.3 Å². The van der Waals surface area contributed by atoms with Gasteiger partial charge in [-0.05, 0) is 50.5 Å². The average molecular weight is 293 g/mol. The van der Waals surface area contributed by atoms with E-state index < -0.39 is 17.5 Å². The van der Waals surface area contributed by atoms with E-state index >= 15 is 0 Å². The summed E-state index contributed by atoms with van der Waals surface area (Å²) in [5.74, 6) is -1.10. The van der Waals surface area contributed by atoms with Gasteiger partial charge in [0.25, 0.3) is 5.91 Å². The fraction of sp³-hybridized carbons (Fsp3) is 0.467. The average Bonchev–Trinajstić information content (AvgIpc) is 2.41. The van der Waals surface area contributed by atoms with Crippen LogP contribution in [0.5, 0.6) is 5.75 Å². The van der Waals surface area contributed by atoms with E-state index in [0.29, 0.717) is 11.3 Å². The number of benzene rings is 1. The molecule has 2 rings (SSSR count). The number of carbonyl (C=O) groups is 2. The molecule has 6 nitrogen and oxygen atoms in total. The summed E-state index contributed by atoms with van der Waals surface area (Å²) in [5.41, 5.74) is -1.60. The molecule has 3 N–H and O–H groups in total. The van der Waals surface area contributed by atoms with Crippen molar-refractivity contribution in [3.05, 3.63) is 29.8 Å². The first-order valence-corrected chi connectivity index (χ1v) is 6.89. The number of rotatable bonds is 6. The predicted molar refractivity (Wildman–Crippen MR) is 75.3 cm³/mol. The standard InChI is InChI=1S/C15H19NO5/c1-15(20,14(18)19)9-16-13(17)10-5-7-12(8-6-10)21-11-3-2-4-11/h5-8,11,20H,2-4,9H2,1H3,(H,16,17)(H,18,19). The Bertz CT molecular complexity index is 519. The normalized spacial score (nSPS) is 17.4. The van der Waals surface area contributed by atoms with Crippen LogP contribution in [0.3, 0.4) is 0 Å². The SMILES string of the molecule is CC(O)(CNC(=O)c1ccc(OC2CCC2)cc1)C(=O)O. The lowest BCUT2D eigenvalue weighted by Crippen LogP contribution is -2.46. The third kappa shape index (κ3) is 3.95. The molecule has 6 heteroatoms. The van der Waals surface area contributed by atoms with Crippen molar-refractivity contribution in [3.63, 3.8) is 0 Å². The number of carbonyl (C=O) groups excluding carboxylic acids is 1. The summed E-state index contributed by atoms with van der Waals surface area (Å²) in [6, 6.07) is 6.64. The number of nitrogens with one attached hydrogen (secondary N) is 1. The first-order valence-electron chi connectivity index (χ1n) is 6.89. The highest BCUT2D eigenvalue weighted by Crippen LogP contribution is 2.25. The minimum Gasteiger partial charge on any atom is -0.490 e. The third-order valence-electron chi connectivity index (χ3n) is 3.53. The van der Waals surface area contributed by atoms with E-state index in [-0.39, 0.29) is 12.6 Å². The number of carboxylic acid groups (broad SMARTS) is 1. The van der Waals surface area contributed by atoms with E-state index in [1.165, 1.54) is 6.42 Å². The van der Waals surface area contributed by atoms with Crippen LogP contribution in [0.2, 0.25) is 0 Å². The summed E-state index contributed by atoms with van der Waals surface area (Å²) in [7, 11) is 0. The lowest BCUT2D eigenvalue weighted by atomic mass is 9.96. The van der Waals surface area contributed by atoms with Crippen molar-refractivity contribution in [1.29, 1.82) is 0 Å². The number of aliphatic carboxylic acids is 1. The van der Waals surface area contributed by atoms with Crippen molar-refractivity contribution in [1.82, 2.24) is 5.32 Å². The van der Waals surface area contributed by atoms with Crippen LogP contribution in [0, 0.1) is 0 Å². The lowest BCUT2D eigenvalue weighted by molar-refractivity contribution is -0.155. The largest absolute Gasteiger partial charge is 0.490 e. The zero-order valence-electron chi connectivity index (χ0n) is 11.8. The zero-order valence-corrected chi connectivity index (χ0v) is 11.8. The van der Waals surface area contributed by atoms with Crippen LogP contribution in [0.15, 0.2) is 24.3 Å². The van der Waals surface area contributed by atoms with Crippen LogP contribution >= 0.6 is 0 Å². The molecule has 1 aliphatic rings. The molecule has 1 aromatic rings. The Morgan fingerprint density at radius 1 is 1.33 bits per heavy atom. The molecular formula is C15H19NO5. The summed E-state index contributed by atoms with van der Waals surface area (Å²) in [4.78, 5) is 22.6. The maximum atomic E-state index is 11.9. The van der Waals surface area contributed by atoms with Gasteiger partial charge in [-0.2, -0.15) is 0 Å². The Labute approximate surface area is 122 Å². The summed E-state index contributed by atoms with van der Waals surface area (Å²) < 4.78 is 5.68. The molecule has 0 radical (unpaired) electrons. The van der Waals surface area contributed by atoms with E-state index in [9.17, 15) is 14.7 Å². The van der Waals surface area contributed by atoms with Gasteiger partial charge in [0.2, 0.25) is 0 Å². The van der Waals surface area contributed by atoms with Crippen LogP contribution in [0.4, 0.5) is 0 Å². The van der Waals surface area contributed by atoms with Gasteiger partial charge in [-0.3, -0.25) is 4.79 Å². The molecule has 1 atom stereocenters. The van der Waals surface area contributed by atoms with E-state index in [0.717, 1.165) is 19.8 Å². The van der Waals surface area contributed by atoms with Gasteiger partial charge in [0.05, 0.1) is 12.6 Å². The summed E-state index contributed by atoms with van der Waals surface area (Å²) >= 11 is 0. The molecule has 0 saturated heterocycles. The Balaban J connectivity index is 1.88. The minimum atomic E-state index is -1.98. The summed E-state index contributed by atoms with van der Waals surface area (Å²) in [6.45, 7) is 0.770. The van der Waals surface area contributed by atoms with Crippen molar-refractivity contribution in [2.45, 2.75) is 37.9 Å². The lowest BCUT2D eigenvalue weighted by Gasteiger charge is -2.26. The molecule has 1 amide bonds. The molecule has 114 valence electrons. The van der Waals surface area contributed by atoms with Crippen LogP contribution < -0.4 is 10.1 Å². The Morgan fingerprint density at radius 2 is 1.95 bits per heavy atom. The zero-order chi connectivity index (χ0) is 15.5. The molecule has 0 bridgehead atoms. The molecule has 0 aromatic heterocycles. The smallest absolute Gasteiger partial charge is 0.337 e. The van der Waals surface area contributed by atoms with E-state index in [1.54, 1.807) is 24.3 Å². The number of hydrogen-bond acceptors (Lipinski definition) is 4. The van der Waals surface area contributed by atoms with Crippen molar-refractivity contribution in [2.24, 2.45) is 0 Å². The maximum absolute atomic E-state index is 11.9. The highest BCUT2D eigenvalue weighted by Gasteiger charge is 2.30. The molecule has 1 fully saturated rings. The third-order valence-corrected chi connectivity index (χ3v) is 3.53. The second kappa shape index (κ2) is 6.13. The minimum absolute atomic E-state index is 0.273. The molecule has 1 saturated carbocycles. The molecule has 0 aliphatic heterocycles. The van der Waals surface area contributed by atoms with E-state index in [1.807, 2.05) is 0 Å². The fourth-order valence-corrected chi connectivity index (χ4v) is 1.80. The molecule has 21 heavy (non-hydrogen) atoms. The fourth-order valence-electron chi connectivity index (χ4n) is 1.80. The maximum Gasteiger partial charge on any atom is 0.337 e. The van der Waals surface area contributed by atoms with E-state index in [2.05, 4.69) is 5.32 Å². The Kier molecular flexibility index (Phi) is 4.47. The number of ether oxygens (including phenoxy) is 1. The molecule has 1 aliphatic carbocycles.